The lowest BCUT2D eigenvalue weighted by molar-refractivity contribution is -0.384. The number of carbonyl (C=O) groups is 1. The van der Waals surface area contributed by atoms with Crippen molar-refractivity contribution < 1.29 is 18.8 Å². The van der Waals surface area contributed by atoms with Gasteiger partial charge in [0.1, 0.15) is 11.5 Å². The van der Waals surface area contributed by atoms with Gasteiger partial charge in [-0.05, 0) is 31.2 Å². The highest BCUT2D eigenvalue weighted by molar-refractivity contribution is 6.31. The highest BCUT2D eigenvalue weighted by Crippen LogP contribution is 2.31. The number of amides is 1. The van der Waals surface area contributed by atoms with Crippen LogP contribution in [-0.2, 0) is 4.74 Å². The fourth-order valence-corrected chi connectivity index (χ4v) is 4.38. The van der Waals surface area contributed by atoms with Gasteiger partial charge < -0.3 is 14.6 Å². The van der Waals surface area contributed by atoms with Gasteiger partial charge in [0.15, 0.2) is 0 Å². The first-order valence-corrected chi connectivity index (χ1v) is 11.1. The third kappa shape index (κ3) is 5.09. The van der Waals surface area contributed by atoms with Crippen molar-refractivity contribution in [1.29, 1.82) is 0 Å². The quantitative estimate of drug-likeness (QED) is 0.402. The van der Waals surface area contributed by atoms with E-state index in [0.29, 0.717) is 25.3 Å². The smallest absolute Gasteiger partial charge is 0.294 e. The summed E-state index contributed by atoms with van der Waals surface area (Å²) in [4.78, 5) is 29.9. The molecule has 2 unspecified atom stereocenters. The summed E-state index contributed by atoms with van der Waals surface area (Å²) in [5.41, 5.74) is 0.461. The Labute approximate surface area is 200 Å². The number of nitro groups is 1. The second kappa shape index (κ2) is 10.3. The van der Waals surface area contributed by atoms with E-state index in [9.17, 15) is 19.3 Å². The molecule has 0 saturated carbocycles. The lowest BCUT2D eigenvalue weighted by Crippen LogP contribution is -2.47. The number of hydrogen-bond donors (Lipinski definition) is 1. The monoisotopic (exact) mass is 487 g/mol. The molecule has 0 spiro atoms. The molecule has 2 atom stereocenters. The minimum absolute atomic E-state index is 0.0588. The molecule has 178 valence electrons. The van der Waals surface area contributed by atoms with Crippen LogP contribution in [0.25, 0.3) is 5.69 Å². The Bertz CT molecular complexity index is 1170. The zero-order chi connectivity index (χ0) is 24.2. The second-order valence-corrected chi connectivity index (χ2v) is 8.38. The Morgan fingerprint density at radius 2 is 2.24 bits per heavy atom. The SMILES string of the molecule is CC1CN(C(CNC(=O)c2ccc(-n3ccnc3)c([N+](=O)[O-])c2)c2c(F)cccc2Cl)CCO1. The molecule has 2 heterocycles. The molecule has 4 rings (SSSR count). The number of aromatic nitrogens is 2. The van der Waals surface area contributed by atoms with Gasteiger partial charge in [0.05, 0.1) is 30.0 Å². The lowest BCUT2D eigenvalue weighted by Gasteiger charge is -2.38. The zero-order valence-corrected chi connectivity index (χ0v) is 19.1. The van der Waals surface area contributed by atoms with Gasteiger partial charge in [0.25, 0.3) is 11.6 Å². The second-order valence-electron chi connectivity index (χ2n) is 7.97. The van der Waals surface area contributed by atoms with Crippen molar-refractivity contribution in [3.63, 3.8) is 0 Å². The molecule has 1 aliphatic rings. The number of carbonyl (C=O) groups excluding carboxylic acids is 1. The number of morpholine rings is 1. The first-order chi connectivity index (χ1) is 16.3. The molecule has 11 heteroatoms. The minimum Gasteiger partial charge on any atom is -0.376 e. The van der Waals surface area contributed by atoms with Crippen LogP contribution in [0.1, 0.15) is 28.9 Å². The van der Waals surface area contributed by atoms with Gasteiger partial charge in [-0.15, -0.1) is 0 Å². The predicted octanol–water partition coefficient (Wildman–Crippen LogP) is 3.76. The van der Waals surface area contributed by atoms with Crippen molar-refractivity contribution in [3.8, 4) is 5.69 Å². The van der Waals surface area contributed by atoms with Crippen molar-refractivity contribution >= 4 is 23.2 Å². The van der Waals surface area contributed by atoms with Crippen LogP contribution < -0.4 is 5.32 Å². The standard InChI is InChI=1S/C23H23ClFN5O4/c1-15-13-28(9-10-34-15)21(22-17(24)3-2-4-18(22)25)12-27-23(31)16-5-6-19(20(11-16)30(32)33)29-8-7-26-14-29/h2-8,11,14-15,21H,9-10,12-13H2,1H3,(H,27,31). The molecule has 1 aromatic heterocycles. The van der Waals surface area contributed by atoms with E-state index in [4.69, 9.17) is 16.3 Å². The Hall–Kier alpha value is -3.34. The van der Waals surface area contributed by atoms with Crippen LogP contribution in [0.5, 0.6) is 0 Å². The van der Waals surface area contributed by atoms with E-state index in [1.165, 1.54) is 47.4 Å². The molecule has 2 aromatic carbocycles. The number of nitrogens with one attached hydrogen (secondary N) is 1. The summed E-state index contributed by atoms with van der Waals surface area (Å²) in [6.45, 7) is 3.53. The third-order valence-corrected chi connectivity index (χ3v) is 6.05. The number of imidazole rings is 1. The van der Waals surface area contributed by atoms with Crippen molar-refractivity contribution in [3.05, 3.63) is 87.2 Å². The molecular weight excluding hydrogens is 465 g/mol. The van der Waals surface area contributed by atoms with Crippen LogP contribution >= 0.6 is 11.6 Å². The number of hydrogen-bond acceptors (Lipinski definition) is 6. The number of rotatable bonds is 7. The molecule has 0 aliphatic carbocycles. The van der Waals surface area contributed by atoms with Gasteiger partial charge in [-0.25, -0.2) is 9.37 Å². The Balaban J connectivity index is 1.58. The predicted molar refractivity (Wildman–Crippen MR) is 124 cm³/mol. The van der Waals surface area contributed by atoms with Crippen LogP contribution in [-0.4, -0.2) is 57.6 Å². The fourth-order valence-electron chi connectivity index (χ4n) is 4.09. The summed E-state index contributed by atoms with van der Waals surface area (Å²) < 4.78 is 21.9. The molecule has 0 bridgehead atoms. The highest BCUT2D eigenvalue weighted by atomic mass is 35.5. The summed E-state index contributed by atoms with van der Waals surface area (Å²) in [5, 5.41) is 14.7. The molecule has 1 N–H and O–H groups in total. The fraction of sp³-hybridized carbons (Fsp3) is 0.304. The number of halogens is 2. The summed E-state index contributed by atoms with van der Waals surface area (Å²) in [6, 6.07) is 8.13. The zero-order valence-electron chi connectivity index (χ0n) is 18.4. The molecule has 34 heavy (non-hydrogen) atoms. The average molecular weight is 488 g/mol. The highest BCUT2D eigenvalue weighted by Gasteiger charge is 2.30. The van der Waals surface area contributed by atoms with E-state index >= 15 is 0 Å². The van der Waals surface area contributed by atoms with Gasteiger partial charge in [0, 0.05) is 54.2 Å². The molecule has 1 fully saturated rings. The van der Waals surface area contributed by atoms with Crippen LogP contribution in [0, 0.1) is 15.9 Å². The van der Waals surface area contributed by atoms with Crippen molar-refractivity contribution in [2.45, 2.75) is 19.1 Å². The normalized spacial score (nSPS) is 17.3. The average Bonchev–Trinajstić information content (AvgIpc) is 3.35. The Morgan fingerprint density at radius 1 is 1.41 bits per heavy atom. The summed E-state index contributed by atoms with van der Waals surface area (Å²) in [6.07, 6.45) is 4.46. The number of nitro benzene ring substituents is 1. The van der Waals surface area contributed by atoms with E-state index in [1.54, 1.807) is 12.3 Å². The maximum absolute atomic E-state index is 14.8. The van der Waals surface area contributed by atoms with Crippen molar-refractivity contribution in [1.82, 2.24) is 19.8 Å². The number of ether oxygens (including phenoxy) is 1. The van der Waals surface area contributed by atoms with Crippen LogP contribution in [0.4, 0.5) is 10.1 Å². The first kappa shape index (κ1) is 23.8. The molecule has 1 saturated heterocycles. The topological polar surface area (TPSA) is 103 Å². The van der Waals surface area contributed by atoms with E-state index in [0.717, 1.165) is 0 Å². The summed E-state index contributed by atoms with van der Waals surface area (Å²) in [5.74, 6) is -0.981. The molecule has 9 nitrogen and oxygen atoms in total. The van der Waals surface area contributed by atoms with E-state index in [-0.39, 0.29) is 34.6 Å². The molecule has 1 amide bonds. The molecule has 1 aliphatic heterocycles. The maximum atomic E-state index is 14.8. The van der Waals surface area contributed by atoms with Crippen molar-refractivity contribution in [2.24, 2.45) is 0 Å². The van der Waals surface area contributed by atoms with E-state index in [1.807, 2.05) is 11.8 Å². The van der Waals surface area contributed by atoms with E-state index in [2.05, 4.69) is 10.3 Å². The van der Waals surface area contributed by atoms with Crippen molar-refractivity contribution in [2.75, 3.05) is 26.2 Å². The van der Waals surface area contributed by atoms with Crippen LogP contribution in [0.15, 0.2) is 55.1 Å². The Kier molecular flexibility index (Phi) is 7.20. The first-order valence-electron chi connectivity index (χ1n) is 10.7. The largest absolute Gasteiger partial charge is 0.376 e. The molecule has 3 aromatic rings. The van der Waals surface area contributed by atoms with Gasteiger partial charge in [0.2, 0.25) is 0 Å². The van der Waals surface area contributed by atoms with Gasteiger partial charge in [-0.3, -0.25) is 19.8 Å². The van der Waals surface area contributed by atoms with Gasteiger partial charge in [-0.2, -0.15) is 0 Å². The minimum atomic E-state index is -0.552. The number of nitrogens with zero attached hydrogens (tertiary/aromatic N) is 4. The van der Waals surface area contributed by atoms with Crippen LogP contribution in [0.2, 0.25) is 5.02 Å². The van der Waals surface area contributed by atoms with E-state index < -0.39 is 22.7 Å². The maximum Gasteiger partial charge on any atom is 0.294 e. The molecular formula is C23H23ClFN5O4. The van der Waals surface area contributed by atoms with Gasteiger partial charge in [-0.1, -0.05) is 17.7 Å². The summed E-state index contributed by atoms with van der Waals surface area (Å²) >= 11 is 6.34. The summed E-state index contributed by atoms with van der Waals surface area (Å²) in [7, 11) is 0. The van der Waals surface area contributed by atoms with Crippen LogP contribution in [0.3, 0.4) is 0 Å². The molecule has 0 radical (unpaired) electrons. The number of benzene rings is 2. The lowest BCUT2D eigenvalue weighted by atomic mass is 10.0. The Morgan fingerprint density at radius 3 is 2.91 bits per heavy atom. The third-order valence-electron chi connectivity index (χ3n) is 5.72. The van der Waals surface area contributed by atoms with Gasteiger partial charge >= 0.3 is 0 Å².